The lowest BCUT2D eigenvalue weighted by Crippen LogP contribution is -2.48. The van der Waals surface area contributed by atoms with Gasteiger partial charge in [0.2, 0.25) is 5.91 Å². The van der Waals surface area contributed by atoms with Crippen LogP contribution in [-0.2, 0) is 14.3 Å². The number of amides is 2. The molecule has 0 saturated carbocycles. The van der Waals surface area contributed by atoms with Gasteiger partial charge in [-0.25, -0.2) is 14.4 Å². The molecule has 1 fully saturated rings. The molecule has 0 spiro atoms. The zero-order valence-electron chi connectivity index (χ0n) is 16.3. The van der Waals surface area contributed by atoms with Gasteiger partial charge >= 0.3 is 6.36 Å². The predicted molar refractivity (Wildman–Crippen MR) is 103 cm³/mol. The number of carbonyl (C=O) groups is 2. The second-order valence-corrected chi connectivity index (χ2v) is 7.08. The van der Waals surface area contributed by atoms with E-state index in [2.05, 4.69) is 20.0 Å². The molecule has 2 aromatic rings. The zero-order chi connectivity index (χ0) is 23.3. The second-order valence-electron chi connectivity index (χ2n) is 6.69. The van der Waals surface area contributed by atoms with Crippen molar-refractivity contribution in [3.63, 3.8) is 0 Å². The maximum Gasteiger partial charge on any atom is 0.573 e. The van der Waals surface area contributed by atoms with Crippen LogP contribution in [0.5, 0.6) is 5.75 Å². The van der Waals surface area contributed by atoms with Gasteiger partial charge in [-0.3, -0.25) is 14.5 Å². The molecule has 1 aromatic heterocycles. The van der Waals surface area contributed by atoms with Crippen LogP contribution >= 0.6 is 11.6 Å². The average molecular weight is 477 g/mol. The highest BCUT2D eigenvalue weighted by atomic mass is 35.5. The van der Waals surface area contributed by atoms with Gasteiger partial charge < -0.3 is 14.8 Å². The second kappa shape index (κ2) is 10.1. The van der Waals surface area contributed by atoms with Crippen molar-refractivity contribution in [1.29, 1.82) is 0 Å². The topological polar surface area (TPSA) is 93.6 Å². The number of nitrogens with one attached hydrogen (secondary N) is 1. The molecule has 1 aromatic carbocycles. The van der Waals surface area contributed by atoms with Gasteiger partial charge in [0.1, 0.15) is 18.1 Å². The molecule has 13 heteroatoms. The lowest BCUT2D eigenvalue weighted by atomic mass is 10.1. The van der Waals surface area contributed by atoms with E-state index in [9.17, 15) is 27.2 Å². The Morgan fingerprint density at radius 3 is 2.41 bits per heavy atom. The maximum absolute atomic E-state index is 13.9. The van der Waals surface area contributed by atoms with E-state index < -0.39 is 35.6 Å². The predicted octanol–water partition coefficient (Wildman–Crippen LogP) is 2.89. The molecular weight excluding hydrogens is 460 g/mol. The molecule has 172 valence electrons. The number of halogens is 5. The van der Waals surface area contributed by atoms with E-state index in [1.807, 2.05) is 0 Å². The van der Waals surface area contributed by atoms with Crippen molar-refractivity contribution in [2.75, 3.05) is 18.1 Å². The van der Waals surface area contributed by atoms with Crippen LogP contribution in [0.1, 0.15) is 18.0 Å². The molecule has 8 nitrogen and oxygen atoms in total. The number of hydrogen-bond donors (Lipinski definition) is 1. The summed E-state index contributed by atoms with van der Waals surface area (Å²) in [6, 6.07) is 2.18. The third-order valence-electron chi connectivity index (χ3n) is 4.45. The summed E-state index contributed by atoms with van der Waals surface area (Å²) in [5.74, 6) is -2.57. The number of hydrogen-bond acceptors (Lipinski definition) is 6. The lowest BCUT2D eigenvalue weighted by molar-refractivity contribution is -0.274. The van der Waals surface area contributed by atoms with E-state index in [1.54, 1.807) is 0 Å². The molecule has 0 aliphatic carbocycles. The average Bonchev–Trinajstić information content (AvgIpc) is 3.24. The van der Waals surface area contributed by atoms with Crippen molar-refractivity contribution in [1.82, 2.24) is 15.3 Å². The van der Waals surface area contributed by atoms with Crippen LogP contribution in [0.15, 0.2) is 43.0 Å². The molecule has 3 atom stereocenters. The highest BCUT2D eigenvalue weighted by Gasteiger charge is 2.37. The van der Waals surface area contributed by atoms with Crippen molar-refractivity contribution in [2.45, 2.75) is 30.5 Å². The van der Waals surface area contributed by atoms with E-state index in [0.29, 0.717) is 13.0 Å². The third kappa shape index (κ3) is 6.04. The van der Waals surface area contributed by atoms with Crippen molar-refractivity contribution in [3.8, 4) is 5.75 Å². The zero-order valence-corrected chi connectivity index (χ0v) is 17.0. The molecule has 32 heavy (non-hydrogen) atoms. The van der Waals surface area contributed by atoms with Crippen LogP contribution in [-0.4, -0.2) is 53.0 Å². The first-order valence-electron chi connectivity index (χ1n) is 9.26. The molecule has 0 bridgehead atoms. The first-order valence-corrected chi connectivity index (χ1v) is 9.69. The molecule has 1 aliphatic rings. The molecule has 3 rings (SSSR count). The van der Waals surface area contributed by atoms with Gasteiger partial charge in [0.15, 0.2) is 0 Å². The van der Waals surface area contributed by atoms with Gasteiger partial charge in [-0.15, -0.1) is 13.2 Å². The fourth-order valence-electron chi connectivity index (χ4n) is 3.12. The number of benzene rings is 1. The molecule has 1 N–H and O–H groups in total. The Balaban J connectivity index is 2.00. The largest absolute Gasteiger partial charge is 0.573 e. The number of ether oxygens (including phenoxy) is 2. The summed E-state index contributed by atoms with van der Waals surface area (Å²) in [5.41, 5.74) is -2.50. The highest BCUT2D eigenvalue weighted by molar-refractivity contribution is 6.32. The molecular formula is C19H17ClF4N4O4. The Morgan fingerprint density at radius 1 is 1.22 bits per heavy atom. The Morgan fingerprint density at radius 2 is 1.88 bits per heavy atom. The summed E-state index contributed by atoms with van der Waals surface area (Å²) in [5, 5.41) is 2.71. The van der Waals surface area contributed by atoms with Gasteiger partial charge in [-0.05, 0) is 30.7 Å². The van der Waals surface area contributed by atoms with Gasteiger partial charge in [0, 0.05) is 30.3 Å². The summed E-state index contributed by atoms with van der Waals surface area (Å²) in [6.45, 7) is 0.685. The Bertz CT molecular complexity index is 925. The van der Waals surface area contributed by atoms with E-state index >= 15 is 0 Å². The minimum atomic E-state index is -4.93. The third-order valence-corrected chi connectivity index (χ3v) is 4.64. The summed E-state index contributed by atoms with van der Waals surface area (Å²) in [6.07, 6.45) is -0.693. The first kappa shape index (κ1) is 23.7. The van der Waals surface area contributed by atoms with Crippen LogP contribution in [0.2, 0.25) is 0 Å². The van der Waals surface area contributed by atoms with Crippen LogP contribution in [0.25, 0.3) is 0 Å². The van der Waals surface area contributed by atoms with Crippen molar-refractivity contribution in [2.24, 2.45) is 0 Å². The van der Waals surface area contributed by atoms with E-state index in [1.165, 1.54) is 18.7 Å². The van der Waals surface area contributed by atoms with E-state index in [4.69, 9.17) is 16.3 Å². The smallest absolute Gasteiger partial charge is 0.406 e. The van der Waals surface area contributed by atoms with Gasteiger partial charge in [0.05, 0.1) is 12.6 Å². The fourth-order valence-corrected chi connectivity index (χ4v) is 3.22. The molecule has 2 amide bonds. The number of alkyl halides is 5. The number of carbonyl (C=O) groups excluding carboxylic acids is 2. The SMILES string of the molecule is O=C(N[C@@H]1CCOC1)[C@@H](c1cncnc1)N(C(=O)[C@H](F)Cl)c1ccc(OC(F)(F)F)cc1. The molecule has 0 radical (unpaired) electrons. The van der Waals surface area contributed by atoms with E-state index in [-0.39, 0.29) is 23.9 Å². The number of nitrogens with zero attached hydrogens (tertiary/aromatic N) is 3. The molecule has 2 heterocycles. The maximum atomic E-state index is 13.9. The summed E-state index contributed by atoms with van der Waals surface area (Å²) >= 11 is 5.38. The van der Waals surface area contributed by atoms with Gasteiger partial charge in [-0.1, -0.05) is 11.6 Å². The summed E-state index contributed by atoms with van der Waals surface area (Å²) in [4.78, 5) is 34.2. The van der Waals surface area contributed by atoms with Crippen LogP contribution in [0.4, 0.5) is 23.2 Å². The Kier molecular flexibility index (Phi) is 7.46. The van der Waals surface area contributed by atoms with Crippen LogP contribution in [0, 0.1) is 0 Å². The number of anilines is 1. The van der Waals surface area contributed by atoms with Crippen molar-refractivity contribution in [3.05, 3.63) is 48.5 Å². The van der Waals surface area contributed by atoms with Gasteiger partial charge in [-0.2, -0.15) is 0 Å². The van der Waals surface area contributed by atoms with Crippen LogP contribution in [0.3, 0.4) is 0 Å². The molecule has 1 aliphatic heterocycles. The first-order chi connectivity index (χ1) is 15.2. The Labute approximate surface area is 184 Å². The normalized spacial score (nSPS) is 18.0. The van der Waals surface area contributed by atoms with Crippen molar-refractivity contribution >= 4 is 29.1 Å². The number of rotatable bonds is 7. The Hall–Kier alpha value is -2.99. The van der Waals surface area contributed by atoms with E-state index in [0.717, 1.165) is 29.2 Å². The highest BCUT2D eigenvalue weighted by Crippen LogP contribution is 2.32. The van der Waals surface area contributed by atoms with Gasteiger partial charge in [0.25, 0.3) is 11.5 Å². The molecule has 1 saturated heterocycles. The lowest BCUT2D eigenvalue weighted by Gasteiger charge is -2.32. The minimum Gasteiger partial charge on any atom is -0.406 e. The van der Waals surface area contributed by atoms with Crippen LogP contribution < -0.4 is 15.0 Å². The van der Waals surface area contributed by atoms with Crippen molar-refractivity contribution < 1.29 is 36.6 Å². The summed E-state index contributed by atoms with van der Waals surface area (Å²) in [7, 11) is 0. The number of aromatic nitrogens is 2. The quantitative estimate of drug-likeness (QED) is 0.488. The monoisotopic (exact) mass is 476 g/mol. The standard InChI is InChI=1S/C19H17ClF4N4O4/c20-16(21)18(30)28(13-1-3-14(4-2-13)32-19(22,23)24)15(11-7-25-10-26-8-11)17(29)27-12-5-6-31-9-12/h1-4,7-8,10,12,15-16H,5-6,9H2,(H,27,29)/t12-,15-,16+/m1/s1. The fraction of sp³-hybridized carbons (Fsp3) is 0.368. The minimum absolute atomic E-state index is 0.0977. The summed E-state index contributed by atoms with van der Waals surface area (Å²) < 4.78 is 60.3. The molecule has 0 unspecified atom stereocenters.